The second-order valence-corrected chi connectivity index (χ2v) is 2.77. The molecule has 0 aromatic heterocycles. The summed E-state index contributed by atoms with van der Waals surface area (Å²) in [5.74, 6) is 0. The predicted octanol–water partition coefficient (Wildman–Crippen LogP) is 1.16. The van der Waals surface area contributed by atoms with Gasteiger partial charge in [-0.3, -0.25) is 0 Å². The highest BCUT2D eigenvalue weighted by Gasteiger charge is 2.08. The van der Waals surface area contributed by atoms with Crippen LogP contribution < -0.4 is 0 Å². The van der Waals surface area contributed by atoms with E-state index in [0.29, 0.717) is 0 Å². The molecule has 0 saturated carbocycles. The molecule has 0 aromatic carbocycles. The molecule has 0 bridgehead atoms. The van der Waals surface area contributed by atoms with Crippen LogP contribution in [0.25, 0.3) is 0 Å². The molecule has 1 aliphatic heterocycles. The van der Waals surface area contributed by atoms with Crippen molar-refractivity contribution >= 4 is 0 Å². The topological polar surface area (TPSA) is 27.0 Å². The van der Waals surface area contributed by atoms with Crippen LogP contribution in [0.3, 0.4) is 0 Å². The van der Waals surface area contributed by atoms with E-state index in [4.69, 9.17) is 5.26 Å². The molecule has 0 radical (unpaired) electrons. The van der Waals surface area contributed by atoms with Gasteiger partial charge in [-0.05, 0) is 32.0 Å². The fourth-order valence-corrected chi connectivity index (χ4v) is 1.29. The van der Waals surface area contributed by atoms with Crippen molar-refractivity contribution in [3.05, 3.63) is 11.6 Å². The molecule has 0 unspecified atom stereocenters. The zero-order valence-corrected chi connectivity index (χ0v) is 6.30. The molecule has 1 aliphatic rings. The Labute approximate surface area is 61.8 Å². The van der Waals surface area contributed by atoms with Crippen LogP contribution in [0, 0.1) is 11.3 Å². The maximum Gasteiger partial charge on any atom is 0.0912 e. The minimum Gasteiger partial charge on any atom is -0.302 e. The van der Waals surface area contributed by atoms with Crippen LogP contribution >= 0.6 is 0 Å². The summed E-state index contributed by atoms with van der Waals surface area (Å²) in [5.41, 5.74) is 1.27. The number of nitrogens with zero attached hydrogens (tertiary/aromatic N) is 2. The number of likely N-dealkylation sites (tertiary alicyclic amines) is 1. The van der Waals surface area contributed by atoms with Gasteiger partial charge in [0.05, 0.1) is 6.07 Å². The van der Waals surface area contributed by atoms with Crippen LogP contribution in [0.1, 0.15) is 12.8 Å². The molecule has 0 aliphatic carbocycles. The van der Waals surface area contributed by atoms with Crippen LogP contribution in [0.15, 0.2) is 11.6 Å². The fourth-order valence-electron chi connectivity index (χ4n) is 1.29. The summed E-state index contributed by atoms with van der Waals surface area (Å²) >= 11 is 0. The molecule has 2 heteroatoms. The number of hydrogen-bond donors (Lipinski definition) is 0. The Morgan fingerprint density at radius 3 is 3.10 bits per heavy atom. The van der Waals surface area contributed by atoms with Gasteiger partial charge in [0.1, 0.15) is 0 Å². The molecule has 1 fully saturated rings. The van der Waals surface area contributed by atoms with E-state index in [1.165, 1.54) is 18.5 Å². The van der Waals surface area contributed by atoms with Gasteiger partial charge in [-0.25, -0.2) is 0 Å². The number of likely N-dealkylation sites (N-methyl/N-ethyl adjacent to an activating group) is 1. The molecule has 0 N–H and O–H groups in total. The predicted molar refractivity (Wildman–Crippen MR) is 40.4 cm³/mol. The Balaban J connectivity index is 2.49. The van der Waals surface area contributed by atoms with E-state index in [-0.39, 0.29) is 0 Å². The Morgan fingerprint density at radius 2 is 2.50 bits per heavy atom. The minimum atomic E-state index is 0.980. The van der Waals surface area contributed by atoms with E-state index in [0.717, 1.165) is 13.0 Å². The molecule has 0 aromatic rings. The van der Waals surface area contributed by atoms with E-state index in [1.54, 1.807) is 6.08 Å². The van der Waals surface area contributed by atoms with Crippen LogP contribution in [-0.2, 0) is 0 Å². The third-order valence-electron chi connectivity index (χ3n) is 1.78. The van der Waals surface area contributed by atoms with Crippen molar-refractivity contribution in [3.8, 4) is 6.07 Å². The largest absolute Gasteiger partial charge is 0.302 e. The zero-order chi connectivity index (χ0) is 7.40. The van der Waals surface area contributed by atoms with E-state index >= 15 is 0 Å². The van der Waals surface area contributed by atoms with E-state index < -0.39 is 0 Å². The van der Waals surface area contributed by atoms with Crippen molar-refractivity contribution in [2.75, 3.05) is 20.1 Å². The van der Waals surface area contributed by atoms with Gasteiger partial charge < -0.3 is 4.90 Å². The van der Waals surface area contributed by atoms with Gasteiger partial charge in [-0.15, -0.1) is 0 Å². The van der Waals surface area contributed by atoms with Crippen molar-refractivity contribution in [1.29, 1.82) is 5.26 Å². The second kappa shape index (κ2) is 3.38. The Morgan fingerprint density at radius 1 is 1.70 bits per heavy atom. The lowest BCUT2D eigenvalue weighted by atomic mass is 10.1. The molecule has 10 heavy (non-hydrogen) atoms. The van der Waals surface area contributed by atoms with Crippen molar-refractivity contribution in [2.45, 2.75) is 12.8 Å². The Kier molecular flexibility index (Phi) is 2.47. The number of allylic oxidation sites excluding steroid dienone is 1. The Bertz CT molecular complexity index is 176. The molecule has 0 amide bonds. The summed E-state index contributed by atoms with van der Waals surface area (Å²) in [6, 6.07) is 2.07. The third-order valence-corrected chi connectivity index (χ3v) is 1.78. The summed E-state index contributed by atoms with van der Waals surface area (Å²) in [6.07, 6.45) is 3.98. The maximum atomic E-state index is 8.36. The lowest BCUT2D eigenvalue weighted by molar-refractivity contribution is 0.322. The van der Waals surface area contributed by atoms with Crippen LogP contribution in [-0.4, -0.2) is 25.0 Å². The summed E-state index contributed by atoms with van der Waals surface area (Å²) < 4.78 is 0. The highest BCUT2D eigenvalue weighted by molar-refractivity contribution is 5.16. The normalized spacial score (nSPS) is 24.6. The number of rotatable bonds is 0. The molecule has 1 rings (SSSR count). The summed E-state index contributed by atoms with van der Waals surface area (Å²) in [4.78, 5) is 2.24. The number of hydrogen-bond acceptors (Lipinski definition) is 2. The van der Waals surface area contributed by atoms with Gasteiger partial charge in [0, 0.05) is 12.6 Å². The first kappa shape index (κ1) is 7.30. The Hall–Kier alpha value is -0.810. The average Bonchev–Trinajstić information content (AvgIpc) is 1.88. The third kappa shape index (κ3) is 1.85. The zero-order valence-electron chi connectivity index (χ0n) is 6.30. The molecule has 1 saturated heterocycles. The van der Waals surface area contributed by atoms with E-state index in [1.807, 2.05) is 0 Å². The molecule has 2 nitrogen and oxygen atoms in total. The second-order valence-electron chi connectivity index (χ2n) is 2.77. The van der Waals surface area contributed by atoms with Crippen molar-refractivity contribution in [1.82, 2.24) is 4.90 Å². The maximum absolute atomic E-state index is 8.36. The summed E-state index contributed by atoms with van der Waals surface area (Å²) in [7, 11) is 2.09. The van der Waals surface area contributed by atoms with Gasteiger partial charge >= 0.3 is 0 Å². The first-order valence-electron chi connectivity index (χ1n) is 3.59. The lowest BCUT2D eigenvalue weighted by Gasteiger charge is -2.23. The molecular weight excluding hydrogens is 124 g/mol. The van der Waals surface area contributed by atoms with E-state index in [2.05, 4.69) is 18.0 Å². The van der Waals surface area contributed by atoms with Gasteiger partial charge in [-0.1, -0.05) is 0 Å². The van der Waals surface area contributed by atoms with Crippen molar-refractivity contribution < 1.29 is 0 Å². The van der Waals surface area contributed by atoms with Gasteiger partial charge in [0.15, 0.2) is 0 Å². The van der Waals surface area contributed by atoms with Crippen LogP contribution in [0.4, 0.5) is 0 Å². The van der Waals surface area contributed by atoms with Gasteiger partial charge in [-0.2, -0.15) is 5.26 Å². The molecule has 54 valence electrons. The quantitative estimate of drug-likeness (QED) is 0.467. The number of piperidine rings is 1. The van der Waals surface area contributed by atoms with Crippen LogP contribution in [0.2, 0.25) is 0 Å². The van der Waals surface area contributed by atoms with E-state index in [9.17, 15) is 0 Å². The summed E-state index contributed by atoms with van der Waals surface area (Å²) in [6.45, 7) is 2.15. The SMILES string of the molecule is CN1CCCC(=CC#N)C1. The fraction of sp³-hybridized carbons (Fsp3) is 0.625. The molecule has 0 spiro atoms. The molecule has 1 heterocycles. The first-order chi connectivity index (χ1) is 4.83. The minimum absolute atomic E-state index is 0.980. The highest BCUT2D eigenvalue weighted by Crippen LogP contribution is 2.12. The lowest BCUT2D eigenvalue weighted by Crippen LogP contribution is -2.26. The smallest absolute Gasteiger partial charge is 0.0912 e. The van der Waals surface area contributed by atoms with Crippen LogP contribution in [0.5, 0.6) is 0 Å². The highest BCUT2D eigenvalue weighted by atomic mass is 15.1. The van der Waals surface area contributed by atoms with Gasteiger partial charge in [0.25, 0.3) is 0 Å². The first-order valence-corrected chi connectivity index (χ1v) is 3.59. The number of nitriles is 1. The molecular formula is C8H12N2. The van der Waals surface area contributed by atoms with Crippen molar-refractivity contribution in [2.24, 2.45) is 0 Å². The monoisotopic (exact) mass is 136 g/mol. The average molecular weight is 136 g/mol. The standard InChI is InChI=1S/C8H12N2/c1-10-6-2-3-8(7-10)4-5-9/h4H,2-3,6-7H2,1H3. The molecule has 0 atom stereocenters. The van der Waals surface area contributed by atoms with Crippen molar-refractivity contribution in [3.63, 3.8) is 0 Å². The summed E-state index contributed by atoms with van der Waals surface area (Å²) in [5, 5.41) is 8.36. The van der Waals surface area contributed by atoms with Gasteiger partial charge in [0.2, 0.25) is 0 Å².